The van der Waals surface area contributed by atoms with Gasteiger partial charge in [-0.1, -0.05) is 18.2 Å². The summed E-state index contributed by atoms with van der Waals surface area (Å²) in [6, 6.07) is 6.30. The number of rotatable bonds is 4. The number of carbonyl (C=O) groups is 1. The minimum Gasteiger partial charge on any atom is -0.452 e. The fourth-order valence-corrected chi connectivity index (χ4v) is 2.14. The van der Waals surface area contributed by atoms with Crippen molar-refractivity contribution in [2.24, 2.45) is 5.73 Å². The van der Waals surface area contributed by atoms with Gasteiger partial charge in [0.1, 0.15) is 0 Å². The van der Waals surface area contributed by atoms with Crippen molar-refractivity contribution in [2.75, 3.05) is 11.8 Å². The van der Waals surface area contributed by atoms with Gasteiger partial charge in [-0.05, 0) is 18.6 Å². The molecule has 1 aromatic carbocycles. The third kappa shape index (κ3) is 3.90. The topological polar surface area (TPSA) is 111 Å². The molecule has 0 aliphatic rings. The highest BCUT2D eigenvalue weighted by Gasteiger charge is 2.16. The maximum absolute atomic E-state index is 11.6. The maximum Gasteiger partial charge on any atom is 0.422 e. The molecule has 0 bridgehead atoms. The summed E-state index contributed by atoms with van der Waals surface area (Å²) in [7, 11) is -2.96. The molecule has 1 aromatic rings. The summed E-state index contributed by atoms with van der Waals surface area (Å²) in [5, 5.41) is 0. The van der Waals surface area contributed by atoms with E-state index in [1.54, 1.807) is 35.9 Å². The normalized spacial score (nSPS) is 12.6. The summed E-state index contributed by atoms with van der Waals surface area (Å²) in [5.41, 5.74) is 6.64. The molecule has 100 valence electrons. The lowest BCUT2D eigenvalue weighted by atomic mass is 10.1. The van der Waals surface area contributed by atoms with Gasteiger partial charge >= 0.3 is 16.3 Å². The number of carbonyl (C=O) groups excluding carboxylic acids is 1. The lowest BCUT2D eigenvalue weighted by Crippen LogP contribution is -2.35. The number of nitrogens with one attached hydrogen (secondary N) is 2. The minimum atomic E-state index is -4.03. The van der Waals surface area contributed by atoms with Crippen molar-refractivity contribution in [3.05, 3.63) is 29.8 Å². The van der Waals surface area contributed by atoms with Crippen LogP contribution in [0.3, 0.4) is 0 Å². The molecule has 1 unspecified atom stereocenters. The number of ether oxygens (including phenoxy) is 1. The van der Waals surface area contributed by atoms with Crippen LogP contribution in [0.5, 0.6) is 0 Å². The van der Waals surface area contributed by atoms with Gasteiger partial charge in [0.2, 0.25) is 0 Å². The average molecular weight is 273 g/mol. The number of methoxy groups -OCH3 is 1. The molecule has 4 N–H and O–H groups in total. The first-order valence-corrected chi connectivity index (χ1v) is 6.57. The summed E-state index contributed by atoms with van der Waals surface area (Å²) in [6.45, 7) is 1.72. The maximum atomic E-state index is 11.6. The second-order valence-electron chi connectivity index (χ2n) is 3.58. The molecule has 8 heteroatoms. The van der Waals surface area contributed by atoms with Crippen LogP contribution >= 0.6 is 0 Å². The SMILES string of the molecule is COC(=O)NS(=O)(=O)Nc1ccccc1C(C)N. The molecule has 0 fully saturated rings. The molecule has 0 radical (unpaired) electrons. The third-order valence-corrected chi connectivity index (χ3v) is 3.02. The first-order valence-electron chi connectivity index (χ1n) is 5.08. The van der Waals surface area contributed by atoms with E-state index in [1.165, 1.54) is 0 Å². The Morgan fingerprint density at radius 1 is 1.39 bits per heavy atom. The van der Waals surface area contributed by atoms with E-state index in [0.29, 0.717) is 11.3 Å². The molecule has 0 aromatic heterocycles. The zero-order chi connectivity index (χ0) is 13.8. The van der Waals surface area contributed by atoms with E-state index >= 15 is 0 Å². The molecule has 0 heterocycles. The van der Waals surface area contributed by atoms with Crippen molar-refractivity contribution < 1.29 is 17.9 Å². The Balaban J connectivity index is 2.94. The standard InChI is InChI=1S/C10H15N3O4S/c1-7(11)8-5-3-4-6-9(8)12-18(15,16)13-10(14)17-2/h3-7,12H,11H2,1-2H3,(H,13,14). The zero-order valence-electron chi connectivity index (χ0n) is 10.0. The van der Waals surface area contributed by atoms with E-state index in [2.05, 4.69) is 9.46 Å². The van der Waals surface area contributed by atoms with Crippen LogP contribution in [0.4, 0.5) is 10.5 Å². The number of benzene rings is 1. The predicted octanol–water partition coefficient (Wildman–Crippen LogP) is 0.719. The van der Waals surface area contributed by atoms with E-state index in [-0.39, 0.29) is 6.04 Å². The Kier molecular flexibility index (Phi) is 4.51. The lowest BCUT2D eigenvalue weighted by Gasteiger charge is -2.14. The van der Waals surface area contributed by atoms with E-state index in [9.17, 15) is 13.2 Å². The van der Waals surface area contributed by atoms with Gasteiger partial charge in [-0.25, -0.2) is 9.52 Å². The van der Waals surface area contributed by atoms with Crippen LogP contribution in [0.2, 0.25) is 0 Å². The van der Waals surface area contributed by atoms with Crippen LogP contribution in [-0.4, -0.2) is 21.6 Å². The van der Waals surface area contributed by atoms with E-state index < -0.39 is 16.3 Å². The highest BCUT2D eigenvalue weighted by atomic mass is 32.2. The van der Waals surface area contributed by atoms with Crippen LogP contribution in [-0.2, 0) is 14.9 Å². The van der Waals surface area contributed by atoms with Gasteiger partial charge in [-0.2, -0.15) is 8.42 Å². The lowest BCUT2D eigenvalue weighted by molar-refractivity contribution is 0.177. The van der Waals surface area contributed by atoms with Crippen molar-refractivity contribution >= 4 is 22.0 Å². The molecule has 1 atom stereocenters. The van der Waals surface area contributed by atoms with E-state index in [4.69, 9.17) is 5.73 Å². The van der Waals surface area contributed by atoms with Gasteiger partial charge < -0.3 is 10.5 Å². The van der Waals surface area contributed by atoms with Crippen molar-refractivity contribution in [3.63, 3.8) is 0 Å². The summed E-state index contributed by atoms with van der Waals surface area (Å²) in [6.07, 6.45) is -1.07. The van der Waals surface area contributed by atoms with E-state index in [0.717, 1.165) is 7.11 Å². The monoisotopic (exact) mass is 273 g/mol. The Bertz CT molecular complexity index is 528. The minimum absolute atomic E-state index is 0.309. The Labute approximate surface area is 106 Å². The van der Waals surface area contributed by atoms with Gasteiger partial charge in [-0.15, -0.1) is 0 Å². The van der Waals surface area contributed by atoms with Gasteiger partial charge in [0.05, 0.1) is 12.8 Å². The Morgan fingerprint density at radius 2 is 2.00 bits per heavy atom. The van der Waals surface area contributed by atoms with Gasteiger partial charge in [0, 0.05) is 6.04 Å². The van der Waals surface area contributed by atoms with Gasteiger partial charge in [0.25, 0.3) is 0 Å². The Hall–Kier alpha value is -1.80. The highest BCUT2D eigenvalue weighted by Crippen LogP contribution is 2.21. The van der Waals surface area contributed by atoms with Crippen LogP contribution in [0.1, 0.15) is 18.5 Å². The second kappa shape index (κ2) is 5.69. The molecule has 18 heavy (non-hydrogen) atoms. The van der Waals surface area contributed by atoms with Crippen molar-refractivity contribution in [1.29, 1.82) is 0 Å². The first-order chi connectivity index (χ1) is 8.35. The third-order valence-electron chi connectivity index (χ3n) is 2.10. The predicted molar refractivity (Wildman–Crippen MR) is 67.1 cm³/mol. The van der Waals surface area contributed by atoms with E-state index in [1.807, 2.05) is 0 Å². The molecule has 0 aliphatic carbocycles. The first kappa shape index (κ1) is 14.3. The molecule has 0 saturated heterocycles. The Morgan fingerprint density at radius 3 is 2.56 bits per heavy atom. The zero-order valence-corrected chi connectivity index (χ0v) is 10.8. The highest BCUT2D eigenvalue weighted by molar-refractivity contribution is 7.91. The quantitative estimate of drug-likeness (QED) is 0.748. The largest absolute Gasteiger partial charge is 0.452 e. The molecule has 1 rings (SSSR count). The smallest absolute Gasteiger partial charge is 0.422 e. The van der Waals surface area contributed by atoms with Crippen molar-refractivity contribution in [1.82, 2.24) is 4.72 Å². The summed E-state index contributed by atoms with van der Waals surface area (Å²) < 4.78 is 31.3. The van der Waals surface area contributed by atoms with Crippen LogP contribution in [0.15, 0.2) is 24.3 Å². The molecule has 0 spiro atoms. The fourth-order valence-electron chi connectivity index (χ4n) is 1.31. The fraction of sp³-hybridized carbons (Fsp3) is 0.300. The summed E-state index contributed by atoms with van der Waals surface area (Å²) in [4.78, 5) is 10.9. The molecular formula is C10H15N3O4S. The van der Waals surface area contributed by atoms with Gasteiger partial charge in [0.15, 0.2) is 0 Å². The number of nitrogens with two attached hydrogens (primary N) is 1. The molecule has 0 saturated carbocycles. The second-order valence-corrected chi connectivity index (χ2v) is 4.99. The number of anilines is 1. The van der Waals surface area contributed by atoms with Crippen LogP contribution in [0, 0.1) is 0 Å². The molecule has 7 nitrogen and oxygen atoms in total. The molecular weight excluding hydrogens is 258 g/mol. The number of hydrogen-bond acceptors (Lipinski definition) is 5. The molecule has 0 aliphatic heterocycles. The van der Waals surface area contributed by atoms with Crippen molar-refractivity contribution in [3.8, 4) is 0 Å². The number of amides is 1. The summed E-state index contributed by atoms with van der Waals surface area (Å²) in [5.74, 6) is 0. The molecule has 1 amide bonds. The summed E-state index contributed by atoms with van der Waals surface area (Å²) >= 11 is 0. The average Bonchev–Trinajstić information content (AvgIpc) is 2.28. The van der Waals surface area contributed by atoms with Crippen molar-refractivity contribution in [2.45, 2.75) is 13.0 Å². The number of hydrogen-bond donors (Lipinski definition) is 3. The van der Waals surface area contributed by atoms with Crippen LogP contribution < -0.4 is 15.2 Å². The van der Waals surface area contributed by atoms with Gasteiger partial charge in [-0.3, -0.25) is 4.72 Å². The van der Waals surface area contributed by atoms with Crippen LogP contribution in [0.25, 0.3) is 0 Å². The number of para-hydroxylation sites is 1.